The van der Waals surface area contributed by atoms with Gasteiger partial charge < -0.3 is 9.47 Å². The summed E-state index contributed by atoms with van der Waals surface area (Å²) in [4.78, 5) is 18.8. The van der Waals surface area contributed by atoms with Crippen LogP contribution in [0.3, 0.4) is 0 Å². The number of rotatable bonds is 11. The van der Waals surface area contributed by atoms with Crippen molar-refractivity contribution in [1.82, 2.24) is 18.9 Å². The van der Waals surface area contributed by atoms with Crippen LogP contribution in [0.4, 0.5) is 0 Å². The predicted molar refractivity (Wildman–Crippen MR) is 155 cm³/mol. The molecule has 0 spiro atoms. The summed E-state index contributed by atoms with van der Waals surface area (Å²) in [5, 5.41) is 0.443. The highest BCUT2D eigenvalue weighted by Crippen LogP contribution is 2.22. The zero-order valence-corrected chi connectivity index (χ0v) is 25.2. The summed E-state index contributed by atoms with van der Waals surface area (Å²) >= 11 is 0. The quantitative estimate of drug-likeness (QED) is 0.327. The van der Waals surface area contributed by atoms with E-state index in [9.17, 15) is 21.6 Å². The summed E-state index contributed by atoms with van der Waals surface area (Å²) in [5.41, 5.74) is 2.73. The van der Waals surface area contributed by atoms with E-state index >= 15 is 0 Å². The fourth-order valence-electron chi connectivity index (χ4n) is 4.73. The van der Waals surface area contributed by atoms with Gasteiger partial charge in [0, 0.05) is 49.4 Å². The number of methoxy groups -OCH3 is 1. The molecule has 41 heavy (non-hydrogen) atoms. The molecule has 11 nitrogen and oxygen atoms in total. The van der Waals surface area contributed by atoms with E-state index < -0.39 is 37.3 Å². The standard InChI is InChI=1S/C28H36N4O7S2/c1-20(2)41(36,37)32-15-13-31(14-16-32)27(28(33)38-4)18-29-40(34,35)24-11-9-23(10-12-24)39-19-22-17-21(3)30-26-8-6-5-7-25(22)26/h5-12,17,20,27,29H,13-16,18-19H2,1-4H3/t27-/m0/s1. The Morgan fingerprint density at radius 2 is 1.66 bits per heavy atom. The van der Waals surface area contributed by atoms with Crippen LogP contribution < -0.4 is 9.46 Å². The lowest BCUT2D eigenvalue weighted by atomic mass is 10.1. The minimum absolute atomic E-state index is 0.0199. The maximum absolute atomic E-state index is 13.0. The molecule has 0 bridgehead atoms. The van der Waals surface area contributed by atoms with Gasteiger partial charge in [-0.25, -0.2) is 21.6 Å². The molecule has 0 amide bonds. The minimum atomic E-state index is -3.95. The Labute approximate surface area is 241 Å². The van der Waals surface area contributed by atoms with Crippen molar-refractivity contribution in [3.8, 4) is 5.75 Å². The summed E-state index contributed by atoms with van der Waals surface area (Å²) in [7, 11) is -6.14. The van der Waals surface area contributed by atoms with E-state index in [4.69, 9.17) is 9.47 Å². The van der Waals surface area contributed by atoms with E-state index in [1.807, 2.05) is 37.3 Å². The number of esters is 1. The normalized spacial score (nSPS) is 16.1. The smallest absolute Gasteiger partial charge is 0.324 e. The molecule has 4 rings (SSSR count). The molecular weight excluding hydrogens is 568 g/mol. The second kappa shape index (κ2) is 12.8. The molecule has 0 saturated carbocycles. The van der Waals surface area contributed by atoms with Crippen LogP contribution >= 0.6 is 0 Å². The zero-order chi connectivity index (χ0) is 29.8. The Bertz CT molecular complexity index is 1590. The highest BCUT2D eigenvalue weighted by atomic mass is 32.2. The van der Waals surface area contributed by atoms with Crippen molar-refractivity contribution in [3.05, 3.63) is 65.9 Å². The fraction of sp³-hybridized carbons (Fsp3) is 0.429. The minimum Gasteiger partial charge on any atom is -0.489 e. The molecule has 0 radical (unpaired) electrons. The van der Waals surface area contributed by atoms with Gasteiger partial charge in [0.25, 0.3) is 0 Å². The van der Waals surface area contributed by atoms with Crippen molar-refractivity contribution < 1.29 is 31.1 Å². The van der Waals surface area contributed by atoms with Crippen LogP contribution in [0, 0.1) is 6.92 Å². The van der Waals surface area contributed by atoms with Crippen LogP contribution in [-0.4, -0.2) is 88.1 Å². The highest BCUT2D eigenvalue weighted by molar-refractivity contribution is 7.89. The van der Waals surface area contributed by atoms with Crippen LogP contribution in [0.1, 0.15) is 25.1 Å². The number of nitrogens with zero attached hydrogens (tertiary/aromatic N) is 3. The second-order valence-corrected chi connectivity index (χ2v) is 14.4. The van der Waals surface area contributed by atoms with Crippen molar-refractivity contribution in [2.75, 3.05) is 39.8 Å². The van der Waals surface area contributed by atoms with Gasteiger partial charge >= 0.3 is 5.97 Å². The lowest BCUT2D eigenvalue weighted by Crippen LogP contribution is -2.57. The number of piperazine rings is 1. The maximum Gasteiger partial charge on any atom is 0.324 e. The molecule has 13 heteroatoms. The SMILES string of the molecule is COC(=O)[C@H](CNS(=O)(=O)c1ccc(OCc2cc(C)nc3ccccc23)cc1)N1CCN(S(=O)(=O)C(C)C)CC1. The third-order valence-electron chi connectivity index (χ3n) is 7.07. The van der Waals surface area contributed by atoms with Crippen LogP contribution in [0.2, 0.25) is 0 Å². The number of aromatic nitrogens is 1. The fourth-order valence-corrected chi connectivity index (χ4v) is 7.03. The molecule has 222 valence electrons. The first-order valence-corrected chi connectivity index (χ1v) is 16.3. The Morgan fingerprint density at radius 3 is 2.29 bits per heavy atom. The van der Waals surface area contributed by atoms with Crippen LogP contribution in [0.15, 0.2) is 59.5 Å². The van der Waals surface area contributed by atoms with Gasteiger partial charge in [-0.1, -0.05) is 18.2 Å². The van der Waals surface area contributed by atoms with E-state index in [1.54, 1.807) is 30.9 Å². The lowest BCUT2D eigenvalue weighted by molar-refractivity contribution is -0.147. The average Bonchev–Trinajstić information content (AvgIpc) is 2.96. The maximum atomic E-state index is 13.0. The highest BCUT2D eigenvalue weighted by Gasteiger charge is 2.35. The van der Waals surface area contributed by atoms with Gasteiger partial charge in [0.2, 0.25) is 20.0 Å². The average molecular weight is 605 g/mol. The molecular formula is C28H36N4O7S2. The molecule has 1 saturated heterocycles. The van der Waals surface area contributed by atoms with Gasteiger partial charge in [-0.15, -0.1) is 0 Å². The first-order valence-electron chi connectivity index (χ1n) is 13.3. The van der Waals surface area contributed by atoms with Crippen molar-refractivity contribution in [3.63, 3.8) is 0 Å². The number of fused-ring (bicyclic) bond motifs is 1. The molecule has 0 aliphatic carbocycles. The Hall–Kier alpha value is -3.10. The number of hydrogen-bond acceptors (Lipinski definition) is 9. The lowest BCUT2D eigenvalue weighted by Gasteiger charge is -2.38. The van der Waals surface area contributed by atoms with Gasteiger partial charge in [-0.05, 0) is 57.2 Å². The van der Waals surface area contributed by atoms with Crippen molar-refractivity contribution in [2.45, 2.75) is 43.6 Å². The van der Waals surface area contributed by atoms with E-state index in [-0.39, 0.29) is 37.6 Å². The predicted octanol–water partition coefficient (Wildman–Crippen LogP) is 2.30. The summed E-state index contributed by atoms with van der Waals surface area (Å²) < 4.78 is 65.8. The number of carbonyl (C=O) groups is 1. The van der Waals surface area contributed by atoms with E-state index in [0.29, 0.717) is 12.4 Å². The zero-order valence-electron chi connectivity index (χ0n) is 23.6. The second-order valence-electron chi connectivity index (χ2n) is 10.1. The Kier molecular flexibility index (Phi) is 9.65. The molecule has 1 N–H and O–H groups in total. The van der Waals surface area contributed by atoms with Crippen LogP contribution in [0.25, 0.3) is 10.9 Å². The molecule has 1 fully saturated rings. The summed E-state index contributed by atoms with van der Waals surface area (Å²) in [5.74, 6) is -0.0976. The van der Waals surface area contributed by atoms with Gasteiger partial charge in [0.1, 0.15) is 18.4 Å². The number of sulfonamides is 2. The van der Waals surface area contributed by atoms with Crippen molar-refractivity contribution in [2.24, 2.45) is 0 Å². The molecule has 1 aliphatic rings. The molecule has 1 aromatic heterocycles. The number of carbonyl (C=O) groups excluding carboxylic acids is 1. The number of pyridine rings is 1. The molecule has 0 unspecified atom stereocenters. The molecule has 1 atom stereocenters. The van der Waals surface area contributed by atoms with E-state index in [0.717, 1.165) is 22.2 Å². The third-order valence-corrected chi connectivity index (χ3v) is 10.8. The number of ether oxygens (including phenoxy) is 2. The van der Waals surface area contributed by atoms with E-state index in [2.05, 4.69) is 9.71 Å². The number of hydrogen-bond donors (Lipinski definition) is 1. The summed E-state index contributed by atoms with van der Waals surface area (Å²) in [6.07, 6.45) is 0. The molecule has 2 aromatic carbocycles. The van der Waals surface area contributed by atoms with Crippen LogP contribution in [-0.2, 0) is 36.2 Å². The van der Waals surface area contributed by atoms with Gasteiger partial charge in [-0.3, -0.25) is 14.7 Å². The Morgan fingerprint density at radius 1 is 1.00 bits per heavy atom. The van der Waals surface area contributed by atoms with Crippen LogP contribution in [0.5, 0.6) is 5.75 Å². The van der Waals surface area contributed by atoms with Crippen molar-refractivity contribution in [1.29, 1.82) is 0 Å². The largest absolute Gasteiger partial charge is 0.489 e. The Balaban J connectivity index is 1.38. The van der Waals surface area contributed by atoms with Gasteiger partial charge in [0.05, 0.1) is 22.8 Å². The number of para-hydroxylation sites is 1. The molecule has 3 aromatic rings. The summed E-state index contributed by atoms with van der Waals surface area (Å²) in [6.45, 7) is 6.18. The number of benzene rings is 2. The number of nitrogens with one attached hydrogen (secondary N) is 1. The van der Waals surface area contributed by atoms with Crippen molar-refractivity contribution >= 4 is 36.9 Å². The van der Waals surface area contributed by atoms with Gasteiger partial charge in [-0.2, -0.15) is 4.31 Å². The first-order chi connectivity index (χ1) is 19.4. The summed E-state index contributed by atoms with van der Waals surface area (Å²) in [6, 6.07) is 14.9. The molecule has 2 heterocycles. The molecule has 1 aliphatic heterocycles. The first kappa shape index (κ1) is 30.8. The monoisotopic (exact) mass is 604 g/mol. The number of aryl methyl sites for hydroxylation is 1. The van der Waals surface area contributed by atoms with E-state index in [1.165, 1.54) is 23.5 Å². The van der Waals surface area contributed by atoms with Gasteiger partial charge in [0.15, 0.2) is 0 Å². The third kappa shape index (κ3) is 7.22. The topological polar surface area (TPSA) is 135 Å².